The molecule has 1 unspecified atom stereocenters. The quantitative estimate of drug-likeness (QED) is 0.818. The maximum Gasteiger partial charge on any atom is 0.270 e. The van der Waals surface area contributed by atoms with Gasteiger partial charge in [-0.2, -0.15) is 0 Å². The summed E-state index contributed by atoms with van der Waals surface area (Å²) in [4.78, 5) is 31.3. The summed E-state index contributed by atoms with van der Waals surface area (Å²) in [6, 6.07) is 3.57. The number of rotatable bonds is 4. The number of nitrogens with zero attached hydrogens (tertiary/aromatic N) is 2. The van der Waals surface area contributed by atoms with Crippen molar-refractivity contribution in [1.82, 2.24) is 15.2 Å². The fourth-order valence-electron chi connectivity index (χ4n) is 3.94. The van der Waals surface area contributed by atoms with Gasteiger partial charge in [0.15, 0.2) is 0 Å². The Morgan fingerprint density at radius 1 is 1.29 bits per heavy atom. The van der Waals surface area contributed by atoms with E-state index in [0.29, 0.717) is 38.0 Å². The Morgan fingerprint density at radius 3 is 2.86 bits per heavy atom. The molecule has 1 aromatic rings. The minimum Gasteiger partial charge on any atom is -0.391 e. The summed E-state index contributed by atoms with van der Waals surface area (Å²) in [6.07, 6.45) is 3.83. The Labute approximate surface area is 166 Å². The average molecular weight is 389 g/mol. The molecule has 3 rings (SSSR count). The standard InChI is InChI=1S/C21H31N3O4/c1-14-6-7-15(2)22-20(14)21(27)23-16-8-9-24(13-17(25)11-16)19(26)12-18-5-3-4-10-28-18/h6-7,16-18,25H,3-5,8-13H2,1-2H3,(H,23,27)/t16-,17-,18?/m1/s1. The molecular weight excluding hydrogens is 358 g/mol. The summed E-state index contributed by atoms with van der Waals surface area (Å²) < 4.78 is 5.67. The Kier molecular flexibility index (Phi) is 7.02. The molecule has 7 nitrogen and oxygen atoms in total. The first-order chi connectivity index (χ1) is 13.4. The van der Waals surface area contributed by atoms with Gasteiger partial charge in [-0.05, 0) is 57.6 Å². The van der Waals surface area contributed by atoms with Crippen molar-refractivity contribution in [2.75, 3.05) is 19.7 Å². The Balaban J connectivity index is 1.56. The van der Waals surface area contributed by atoms with Crippen LogP contribution in [0.5, 0.6) is 0 Å². The van der Waals surface area contributed by atoms with E-state index in [2.05, 4.69) is 10.3 Å². The van der Waals surface area contributed by atoms with E-state index in [-0.39, 0.29) is 24.0 Å². The van der Waals surface area contributed by atoms with Crippen molar-refractivity contribution in [3.63, 3.8) is 0 Å². The van der Waals surface area contributed by atoms with E-state index in [1.165, 1.54) is 0 Å². The molecule has 2 aliphatic heterocycles. The van der Waals surface area contributed by atoms with E-state index in [4.69, 9.17) is 4.74 Å². The van der Waals surface area contributed by atoms with Gasteiger partial charge < -0.3 is 20.1 Å². The Hall–Kier alpha value is -1.99. The van der Waals surface area contributed by atoms with Crippen LogP contribution in [0, 0.1) is 13.8 Å². The summed E-state index contributed by atoms with van der Waals surface area (Å²) in [6.45, 7) is 5.26. The molecule has 1 aromatic heterocycles. The van der Waals surface area contributed by atoms with Crippen molar-refractivity contribution in [2.24, 2.45) is 0 Å². The van der Waals surface area contributed by atoms with Gasteiger partial charge in [-0.25, -0.2) is 4.98 Å². The highest BCUT2D eigenvalue weighted by atomic mass is 16.5. The number of likely N-dealkylation sites (tertiary alicyclic amines) is 1. The van der Waals surface area contributed by atoms with Gasteiger partial charge in [0, 0.05) is 31.4 Å². The highest BCUT2D eigenvalue weighted by Gasteiger charge is 2.29. The molecule has 0 spiro atoms. The monoisotopic (exact) mass is 389 g/mol. The van der Waals surface area contributed by atoms with Crippen LogP contribution in [0.2, 0.25) is 0 Å². The molecule has 2 saturated heterocycles. The molecule has 7 heteroatoms. The van der Waals surface area contributed by atoms with Crippen molar-refractivity contribution in [1.29, 1.82) is 0 Å². The minimum atomic E-state index is -0.657. The lowest BCUT2D eigenvalue weighted by Crippen LogP contribution is -2.38. The van der Waals surface area contributed by atoms with Crippen LogP contribution in [0.4, 0.5) is 0 Å². The third kappa shape index (κ3) is 5.52. The number of aliphatic hydroxyl groups excluding tert-OH is 1. The number of nitrogens with one attached hydrogen (secondary N) is 1. The average Bonchev–Trinajstić information content (AvgIpc) is 2.85. The SMILES string of the molecule is Cc1ccc(C)c(C(=O)N[C@@H]2CCN(C(=O)CC3CCCCO3)C[C@H](O)C2)n1. The van der Waals surface area contributed by atoms with E-state index < -0.39 is 6.10 Å². The van der Waals surface area contributed by atoms with Gasteiger partial charge in [-0.3, -0.25) is 9.59 Å². The van der Waals surface area contributed by atoms with Gasteiger partial charge in [0.25, 0.3) is 5.91 Å². The number of hydrogen-bond acceptors (Lipinski definition) is 5. The van der Waals surface area contributed by atoms with Gasteiger partial charge >= 0.3 is 0 Å². The summed E-state index contributed by atoms with van der Waals surface area (Å²) in [5.74, 6) is -0.206. The number of aryl methyl sites for hydroxylation is 2. The molecule has 0 aliphatic carbocycles. The van der Waals surface area contributed by atoms with Crippen molar-refractivity contribution >= 4 is 11.8 Å². The zero-order valence-corrected chi connectivity index (χ0v) is 16.8. The molecule has 2 aliphatic rings. The van der Waals surface area contributed by atoms with Crippen LogP contribution >= 0.6 is 0 Å². The number of β-amino-alcohol motifs (C(OH)–C–C–N with tert-alkyl or cyclic N) is 1. The normalized spacial score (nSPS) is 25.8. The number of carbonyl (C=O) groups is 2. The summed E-state index contributed by atoms with van der Waals surface area (Å²) in [7, 11) is 0. The van der Waals surface area contributed by atoms with Crippen LogP contribution in [0.15, 0.2) is 12.1 Å². The maximum atomic E-state index is 12.6. The molecule has 154 valence electrons. The van der Waals surface area contributed by atoms with Crippen molar-refractivity contribution in [3.8, 4) is 0 Å². The van der Waals surface area contributed by atoms with Crippen molar-refractivity contribution in [3.05, 3.63) is 29.1 Å². The van der Waals surface area contributed by atoms with Crippen LogP contribution in [-0.4, -0.2) is 64.8 Å². The first-order valence-corrected chi connectivity index (χ1v) is 10.2. The second-order valence-corrected chi connectivity index (χ2v) is 8.00. The molecule has 2 amide bonds. The minimum absolute atomic E-state index is 0.00693. The number of pyridine rings is 1. The maximum absolute atomic E-state index is 12.6. The first-order valence-electron chi connectivity index (χ1n) is 10.2. The lowest BCUT2D eigenvalue weighted by molar-refractivity contribution is -0.136. The molecule has 2 N–H and O–H groups in total. The highest BCUT2D eigenvalue weighted by molar-refractivity contribution is 5.93. The molecule has 28 heavy (non-hydrogen) atoms. The smallest absolute Gasteiger partial charge is 0.270 e. The number of aromatic nitrogens is 1. The molecule has 0 radical (unpaired) electrons. The van der Waals surface area contributed by atoms with Gasteiger partial charge in [0.1, 0.15) is 5.69 Å². The fraction of sp³-hybridized carbons (Fsp3) is 0.667. The third-order valence-corrected chi connectivity index (χ3v) is 5.55. The van der Waals surface area contributed by atoms with Crippen LogP contribution in [-0.2, 0) is 9.53 Å². The van der Waals surface area contributed by atoms with Crippen LogP contribution in [0.1, 0.15) is 60.3 Å². The second-order valence-electron chi connectivity index (χ2n) is 8.00. The summed E-state index contributed by atoms with van der Waals surface area (Å²) in [5, 5.41) is 13.4. The van der Waals surface area contributed by atoms with Gasteiger partial charge in [-0.15, -0.1) is 0 Å². The Morgan fingerprint density at radius 2 is 2.11 bits per heavy atom. The zero-order valence-electron chi connectivity index (χ0n) is 16.8. The predicted molar refractivity (Wildman–Crippen MR) is 105 cm³/mol. The zero-order chi connectivity index (χ0) is 20.1. The number of ether oxygens (including phenoxy) is 1. The fourth-order valence-corrected chi connectivity index (χ4v) is 3.94. The van der Waals surface area contributed by atoms with Gasteiger partial charge in [0.05, 0.1) is 18.6 Å². The molecule has 3 atom stereocenters. The second kappa shape index (κ2) is 9.47. The van der Waals surface area contributed by atoms with Crippen molar-refractivity contribution in [2.45, 2.75) is 70.6 Å². The van der Waals surface area contributed by atoms with Crippen LogP contribution in [0.3, 0.4) is 0 Å². The highest BCUT2D eigenvalue weighted by Crippen LogP contribution is 2.19. The topological polar surface area (TPSA) is 91.8 Å². The van der Waals surface area contributed by atoms with Gasteiger partial charge in [0.2, 0.25) is 5.91 Å². The van der Waals surface area contributed by atoms with Crippen molar-refractivity contribution < 1.29 is 19.4 Å². The lowest BCUT2D eigenvalue weighted by Gasteiger charge is -2.27. The van der Waals surface area contributed by atoms with Crippen LogP contribution < -0.4 is 5.32 Å². The van der Waals surface area contributed by atoms with Crippen LogP contribution in [0.25, 0.3) is 0 Å². The first kappa shape index (κ1) is 20.7. The predicted octanol–water partition coefficient (Wildman–Crippen LogP) is 1.74. The Bertz CT molecular complexity index is 703. The lowest BCUT2D eigenvalue weighted by atomic mass is 10.1. The molecule has 0 saturated carbocycles. The molecule has 0 bridgehead atoms. The number of aliphatic hydroxyl groups is 1. The van der Waals surface area contributed by atoms with E-state index in [0.717, 1.165) is 37.1 Å². The summed E-state index contributed by atoms with van der Waals surface area (Å²) >= 11 is 0. The number of carbonyl (C=O) groups excluding carboxylic acids is 2. The molecule has 2 fully saturated rings. The largest absolute Gasteiger partial charge is 0.391 e. The van der Waals surface area contributed by atoms with E-state index in [9.17, 15) is 14.7 Å². The number of hydrogen-bond donors (Lipinski definition) is 2. The molecule has 3 heterocycles. The third-order valence-electron chi connectivity index (χ3n) is 5.55. The van der Waals surface area contributed by atoms with E-state index in [1.807, 2.05) is 26.0 Å². The molecular formula is C21H31N3O4. The molecule has 0 aromatic carbocycles. The van der Waals surface area contributed by atoms with Gasteiger partial charge in [-0.1, -0.05) is 6.07 Å². The number of amides is 2. The van der Waals surface area contributed by atoms with E-state index >= 15 is 0 Å². The summed E-state index contributed by atoms with van der Waals surface area (Å²) in [5.41, 5.74) is 2.03. The van der Waals surface area contributed by atoms with E-state index in [1.54, 1.807) is 4.90 Å².